The molecule has 0 unspecified atom stereocenters. The van der Waals surface area contributed by atoms with Gasteiger partial charge in [-0.15, -0.1) is 0 Å². The van der Waals surface area contributed by atoms with Gasteiger partial charge in [-0.3, -0.25) is 0 Å². The minimum Gasteiger partial charge on any atom is -0.459 e. The molecule has 0 aliphatic heterocycles. The van der Waals surface area contributed by atoms with E-state index in [1.54, 1.807) is 20.8 Å². The van der Waals surface area contributed by atoms with Gasteiger partial charge in [-0.1, -0.05) is 0 Å². The quantitative estimate of drug-likeness (QED) is 0.680. The van der Waals surface area contributed by atoms with E-state index in [0.29, 0.717) is 11.1 Å². The largest absolute Gasteiger partial charge is 0.459 e. The Morgan fingerprint density at radius 3 is 2.57 bits per heavy atom. The molecule has 0 spiro atoms. The minimum atomic E-state index is -0.414. The molecular weight excluding hydrogens is 183 g/mol. The highest BCUT2D eigenvalue weighted by molar-refractivity contribution is 5.89. The van der Waals surface area contributed by atoms with Crippen molar-refractivity contribution in [1.29, 1.82) is 0 Å². The zero-order valence-corrected chi connectivity index (χ0v) is 8.50. The SMILES string of the molecule is Cc1cc(C(=O)OC(C)C)ccc1F. The summed E-state index contributed by atoms with van der Waals surface area (Å²) in [6, 6.07) is 4.18. The Balaban J connectivity index is 2.86. The van der Waals surface area contributed by atoms with Crippen molar-refractivity contribution in [2.75, 3.05) is 0 Å². The molecule has 3 heteroatoms. The number of hydrogen-bond donors (Lipinski definition) is 0. The van der Waals surface area contributed by atoms with E-state index >= 15 is 0 Å². The second-order valence-corrected chi connectivity index (χ2v) is 3.42. The summed E-state index contributed by atoms with van der Waals surface area (Å²) < 4.78 is 17.8. The van der Waals surface area contributed by atoms with E-state index in [0.717, 1.165) is 0 Å². The molecule has 0 aliphatic rings. The molecule has 0 saturated carbocycles. The summed E-state index contributed by atoms with van der Waals surface area (Å²) in [5.74, 6) is -0.728. The monoisotopic (exact) mass is 196 g/mol. The predicted octanol–water partition coefficient (Wildman–Crippen LogP) is 2.70. The van der Waals surface area contributed by atoms with Crippen LogP contribution < -0.4 is 0 Å². The maximum Gasteiger partial charge on any atom is 0.338 e. The van der Waals surface area contributed by atoms with Crippen LogP contribution in [-0.2, 0) is 4.74 Å². The number of benzene rings is 1. The summed E-state index contributed by atoms with van der Waals surface area (Å²) >= 11 is 0. The van der Waals surface area contributed by atoms with Crippen LogP contribution in [0.2, 0.25) is 0 Å². The molecule has 2 nitrogen and oxygen atoms in total. The highest BCUT2D eigenvalue weighted by atomic mass is 19.1. The molecule has 0 radical (unpaired) electrons. The first kappa shape index (κ1) is 10.7. The average Bonchev–Trinajstić information content (AvgIpc) is 2.08. The Morgan fingerprint density at radius 2 is 2.07 bits per heavy atom. The van der Waals surface area contributed by atoms with E-state index in [1.807, 2.05) is 0 Å². The number of halogens is 1. The second-order valence-electron chi connectivity index (χ2n) is 3.42. The van der Waals surface area contributed by atoms with E-state index in [-0.39, 0.29) is 11.9 Å². The molecule has 0 amide bonds. The van der Waals surface area contributed by atoms with Gasteiger partial charge in [0.05, 0.1) is 11.7 Å². The molecule has 1 aromatic carbocycles. The van der Waals surface area contributed by atoms with Crippen molar-refractivity contribution in [1.82, 2.24) is 0 Å². The number of carbonyl (C=O) groups is 1. The fraction of sp³-hybridized carbons (Fsp3) is 0.364. The van der Waals surface area contributed by atoms with Gasteiger partial charge in [-0.2, -0.15) is 0 Å². The number of hydrogen-bond acceptors (Lipinski definition) is 2. The van der Waals surface area contributed by atoms with E-state index in [1.165, 1.54) is 18.2 Å². The highest BCUT2D eigenvalue weighted by Gasteiger charge is 2.10. The summed E-state index contributed by atoms with van der Waals surface area (Å²) in [4.78, 5) is 11.4. The molecule has 1 aromatic rings. The fourth-order valence-electron chi connectivity index (χ4n) is 1.05. The zero-order valence-electron chi connectivity index (χ0n) is 8.50. The van der Waals surface area contributed by atoms with Crippen molar-refractivity contribution >= 4 is 5.97 Å². The number of carbonyl (C=O) groups excluding carboxylic acids is 1. The number of ether oxygens (including phenoxy) is 1. The second kappa shape index (κ2) is 4.22. The Labute approximate surface area is 82.7 Å². The summed E-state index contributed by atoms with van der Waals surface area (Å²) in [6.07, 6.45) is -0.159. The Kier molecular flexibility index (Phi) is 3.23. The number of rotatable bonds is 2. The van der Waals surface area contributed by atoms with E-state index < -0.39 is 5.97 Å². The highest BCUT2D eigenvalue weighted by Crippen LogP contribution is 2.10. The van der Waals surface area contributed by atoms with Crippen LogP contribution in [-0.4, -0.2) is 12.1 Å². The molecule has 0 N–H and O–H groups in total. The van der Waals surface area contributed by atoms with Crippen LogP contribution in [0.1, 0.15) is 29.8 Å². The van der Waals surface area contributed by atoms with Crippen LogP contribution in [0.5, 0.6) is 0 Å². The molecule has 0 aliphatic carbocycles. The number of esters is 1. The summed E-state index contributed by atoms with van der Waals surface area (Å²) in [7, 11) is 0. The van der Waals surface area contributed by atoms with Gasteiger partial charge in [0, 0.05) is 0 Å². The van der Waals surface area contributed by atoms with Gasteiger partial charge in [-0.25, -0.2) is 9.18 Å². The van der Waals surface area contributed by atoms with Crippen LogP contribution in [0.4, 0.5) is 4.39 Å². The third kappa shape index (κ3) is 2.55. The first-order valence-electron chi connectivity index (χ1n) is 4.48. The lowest BCUT2D eigenvalue weighted by molar-refractivity contribution is 0.0378. The molecule has 0 atom stereocenters. The lowest BCUT2D eigenvalue weighted by atomic mass is 10.1. The van der Waals surface area contributed by atoms with Crippen molar-refractivity contribution < 1.29 is 13.9 Å². The smallest absolute Gasteiger partial charge is 0.338 e. The molecule has 14 heavy (non-hydrogen) atoms. The van der Waals surface area contributed by atoms with Crippen molar-refractivity contribution in [2.24, 2.45) is 0 Å². The fourth-order valence-corrected chi connectivity index (χ4v) is 1.05. The van der Waals surface area contributed by atoms with Gasteiger partial charge in [0.1, 0.15) is 5.82 Å². The Hall–Kier alpha value is -1.38. The van der Waals surface area contributed by atoms with Crippen molar-refractivity contribution in [3.8, 4) is 0 Å². The van der Waals surface area contributed by atoms with Gasteiger partial charge in [-0.05, 0) is 44.5 Å². The first-order chi connectivity index (χ1) is 6.50. The third-order valence-electron chi connectivity index (χ3n) is 1.74. The van der Waals surface area contributed by atoms with Gasteiger partial charge < -0.3 is 4.74 Å². The first-order valence-corrected chi connectivity index (χ1v) is 4.48. The van der Waals surface area contributed by atoms with Crippen molar-refractivity contribution in [3.63, 3.8) is 0 Å². The maximum atomic E-state index is 12.9. The van der Waals surface area contributed by atoms with Gasteiger partial charge >= 0.3 is 5.97 Å². The van der Waals surface area contributed by atoms with Gasteiger partial charge in [0.25, 0.3) is 0 Å². The van der Waals surface area contributed by atoms with Crippen LogP contribution in [0.15, 0.2) is 18.2 Å². The van der Waals surface area contributed by atoms with E-state index in [4.69, 9.17) is 4.74 Å². The third-order valence-corrected chi connectivity index (χ3v) is 1.74. The standard InChI is InChI=1S/C11H13FO2/c1-7(2)14-11(13)9-4-5-10(12)8(3)6-9/h4-7H,1-3H3. The molecule has 0 fully saturated rings. The predicted molar refractivity (Wildman–Crippen MR) is 51.7 cm³/mol. The van der Waals surface area contributed by atoms with E-state index in [2.05, 4.69) is 0 Å². The molecular formula is C11H13FO2. The molecule has 0 aromatic heterocycles. The topological polar surface area (TPSA) is 26.3 Å². The lowest BCUT2D eigenvalue weighted by Gasteiger charge is -2.08. The summed E-state index contributed by atoms with van der Waals surface area (Å²) in [6.45, 7) is 5.16. The van der Waals surface area contributed by atoms with Crippen LogP contribution in [0.25, 0.3) is 0 Å². The van der Waals surface area contributed by atoms with Gasteiger partial charge in [0.2, 0.25) is 0 Å². The molecule has 0 saturated heterocycles. The average molecular weight is 196 g/mol. The summed E-state index contributed by atoms with van der Waals surface area (Å²) in [5, 5.41) is 0. The van der Waals surface area contributed by atoms with E-state index in [9.17, 15) is 9.18 Å². The van der Waals surface area contributed by atoms with Crippen molar-refractivity contribution in [2.45, 2.75) is 26.9 Å². The maximum absolute atomic E-state index is 12.9. The molecule has 0 heterocycles. The molecule has 76 valence electrons. The summed E-state index contributed by atoms with van der Waals surface area (Å²) in [5.41, 5.74) is 0.834. The molecule has 0 bridgehead atoms. The van der Waals surface area contributed by atoms with Crippen LogP contribution in [0, 0.1) is 12.7 Å². The normalized spacial score (nSPS) is 10.4. The van der Waals surface area contributed by atoms with Crippen molar-refractivity contribution in [3.05, 3.63) is 35.1 Å². The Morgan fingerprint density at radius 1 is 1.43 bits per heavy atom. The van der Waals surface area contributed by atoms with Crippen LogP contribution >= 0.6 is 0 Å². The van der Waals surface area contributed by atoms with Crippen LogP contribution in [0.3, 0.4) is 0 Å². The molecule has 1 rings (SSSR count). The Bertz CT molecular complexity index is 345. The number of aryl methyl sites for hydroxylation is 1. The lowest BCUT2D eigenvalue weighted by Crippen LogP contribution is -2.11. The van der Waals surface area contributed by atoms with Gasteiger partial charge in [0.15, 0.2) is 0 Å². The minimum absolute atomic E-state index is 0.159. The zero-order chi connectivity index (χ0) is 10.7.